The zero-order chi connectivity index (χ0) is 20.4. The summed E-state index contributed by atoms with van der Waals surface area (Å²) in [6, 6.07) is 33.4. The van der Waals surface area contributed by atoms with Gasteiger partial charge in [0.15, 0.2) is 0 Å². The highest BCUT2D eigenvalue weighted by Crippen LogP contribution is 2.31. The van der Waals surface area contributed by atoms with Crippen LogP contribution in [0.3, 0.4) is 0 Å². The van der Waals surface area contributed by atoms with Gasteiger partial charge in [0.25, 0.3) is 0 Å². The summed E-state index contributed by atoms with van der Waals surface area (Å²) in [6.45, 7) is 8.80. The standard InChI is InChI=1S/C29H28/c1-20(2)23-9-15-27(16-10-23)29-18-17-28(19-22(29)4)26-13-11-25(12-14-26)24-7-5-21(3)6-8-24/h5-20H,1-4H3. The van der Waals surface area contributed by atoms with Crippen LogP contribution in [-0.4, -0.2) is 0 Å². The lowest BCUT2D eigenvalue weighted by Crippen LogP contribution is -1.89. The number of rotatable bonds is 4. The predicted octanol–water partition coefficient (Wildman–Crippen LogP) is 8.43. The number of benzene rings is 4. The third-order valence-electron chi connectivity index (χ3n) is 5.72. The summed E-state index contributed by atoms with van der Waals surface area (Å²) in [7, 11) is 0. The van der Waals surface area contributed by atoms with Crippen molar-refractivity contribution >= 4 is 0 Å². The van der Waals surface area contributed by atoms with Crippen molar-refractivity contribution in [3.8, 4) is 33.4 Å². The van der Waals surface area contributed by atoms with Crippen LogP contribution in [0.5, 0.6) is 0 Å². The molecule has 0 heteroatoms. The third kappa shape index (κ3) is 4.17. The van der Waals surface area contributed by atoms with Crippen LogP contribution in [-0.2, 0) is 0 Å². The molecule has 0 aliphatic carbocycles. The summed E-state index contributed by atoms with van der Waals surface area (Å²) in [4.78, 5) is 0. The summed E-state index contributed by atoms with van der Waals surface area (Å²) >= 11 is 0. The van der Waals surface area contributed by atoms with Crippen molar-refractivity contribution in [1.29, 1.82) is 0 Å². The van der Waals surface area contributed by atoms with Crippen LogP contribution in [0.15, 0.2) is 91.0 Å². The average molecular weight is 377 g/mol. The summed E-state index contributed by atoms with van der Waals surface area (Å²) < 4.78 is 0. The summed E-state index contributed by atoms with van der Waals surface area (Å²) in [5.74, 6) is 0.565. The molecule has 4 aromatic carbocycles. The normalized spacial score (nSPS) is 11.1. The lowest BCUT2D eigenvalue weighted by atomic mass is 9.93. The molecule has 4 aromatic rings. The minimum Gasteiger partial charge on any atom is -0.0587 e. The Kier molecular flexibility index (Phi) is 5.36. The van der Waals surface area contributed by atoms with Gasteiger partial charge in [-0.15, -0.1) is 0 Å². The molecule has 29 heavy (non-hydrogen) atoms. The minimum atomic E-state index is 0.565. The Morgan fingerprint density at radius 3 is 1.45 bits per heavy atom. The maximum Gasteiger partial charge on any atom is -0.0154 e. The van der Waals surface area contributed by atoms with Gasteiger partial charge < -0.3 is 0 Å². The van der Waals surface area contributed by atoms with Gasteiger partial charge in [0, 0.05) is 0 Å². The summed E-state index contributed by atoms with van der Waals surface area (Å²) in [6.07, 6.45) is 0. The summed E-state index contributed by atoms with van der Waals surface area (Å²) in [5, 5.41) is 0. The van der Waals surface area contributed by atoms with Gasteiger partial charge in [-0.3, -0.25) is 0 Å². The van der Waals surface area contributed by atoms with Crippen LogP contribution >= 0.6 is 0 Å². The highest BCUT2D eigenvalue weighted by Gasteiger charge is 2.07. The predicted molar refractivity (Wildman–Crippen MR) is 126 cm³/mol. The fourth-order valence-corrected chi connectivity index (χ4v) is 3.82. The largest absolute Gasteiger partial charge is 0.0587 e. The lowest BCUT2D eigenvalue weighted by molar-refractivity contribution is 0.867. The maximum atomic E-state index is 2.30. The van der Waals surface area contributed by atoms with Gasteiger partial charge in [-0.25, -0.2) is 0 Å². The Hall–Kier alpha value is -3.12. The molecule has 0 saturated carbocycles. The first-order valence-electron chi connectivity index (χ1n) is 10.4. The zero-order valence-electron chi connectivity index (χ0n) is 17.7. The second-order valence-electron chi connectivity index (χ2n) is 8.25. The number of hydrogen-bond donors (Lipinski definition) is 0. The second kappa shape index (κ2) is 8.09. The number of aryl methyl sites for hydroxylation is 2. The molecular formula is C29H28. The molecule has 0 saturated heterocycles. The topological polar surface area (TPSA) is 0 Å². The maximum absolute atomic E-state index is 2.30. The molecule has 0 spiro atoms. The SMILES string of the molecule is Cc1ccc(-c2ccc(-c3ccc(-c4ccc(C(C)C)cc4)c(C)c3)cc2)cc1. The molecular weight excluding hydrogens is 348 g/mol. The van der Waals surface area contributed by atoms with E-state index >= 15 is 0 Å². The van der Waals surface area contributed by atoms with Crippen LogP contribution in [0.1, 0.15) is 36.5 Å². The Morgan fingerprint density at radius 1 is 0.483 bits per heavy atom. The molecule has 0 aliphatic rings. The Balaban J connectivity index is 1.59. The van der Waals surface area contributed by atoms with E-state index in [0.29, 0.717) is 5.92 Å². The van der Waals surface area contributed by atoms with Gasteiger partial charge in [-0.2, -0.15) is 0 Å². The molecule has 144 valence electrons. The Morgan fingerprint density at radius 2 is 0.931 bits per heavy atom. The van der Waals surface area contributed by atoms with Crippen molar-refractivity contribution in [3.05, 3.63) is 108 Å². The van der Waals surface area contributed by atoms with Gasteiger partial charge in [0.2, 0.25) is 0 Å². The molecule has 0 amide bonds. The first-order chi connectivity index (χ1) is 14.0. The van der Waals surface area contributed by atoms with Crippen molar-refractivity contribution in [2.45, 2.75) is 33.6 Å². The fraction of sp³-hybridized carbons (Fsp3) is 0.172. The molecule has 0 fully saturated rings. The van der Waals surface area contributed by atoms with Crippen LogP contribution < -0.4 is 0 Å². The molecule has 0 nitrogen and oxygen atoms in total. The van der Waals surface area contributed by atoms with E-state index in [1.54, 1.807) is 0 Å². The van der Waals surface area contributed by atoms with E-state index in [1.807, 2.05) is 0 Å². The molecule has 0 atom stereocenters. The van der Waals surface area contributed by atoms with Crippen molar-refractivity contribution in [2.24, 2.45) is 0 Å². The number of hydrogen-bond acceptors (Lipinski definition) is 0. The Bertz CT molecular complexity index is 1100. The molecule has 0 heterocycles. The van der Waals surface area contributed by atoms with E-state index in [-0.39, 0.29) is 0 Å². The van der Waals surface area contributed by atoms with Crippen LogP contribution in [0, 0.1) is 13.8 Å². The molecule has 0 N–H and O–H groups in total. The molecule has 0 aromatic heterocycles. The fourth-order valence-electron chi connectivity index (χ4n) is 3.82. The highest BCUT2D eigenvalue weighted by atomic mass is 14.1. The van der Waals surface area contributed by atoms with Crippen molar-refractivity contribution < 1.29 is 0 Å². The lowest BCUT2D eigenvalue weighted by Gasteiger charge is -2.12. The molecule has 0 unspecified atom stereocenters. The van der Waals surface area contributed by atoms with Crippen molar-refractivity contribution in [3.63, 3.8) is 0 Å². The minimum absolute atomic E-state index is 0.565. The van der Waals surface area contributed by atoms with Crippen LogP contribution in [0.25, 0.3) is 33.4 Å². The average Bonchev–Trinajstić information content (AvgIpc) is 2.74. The highest BCUT2D eigenvalue weighted by molar-refractivity contribution is 5.75. The van der Waals surface area contributed by atoms with Gasteiger partial charge >= 0.3 is 0 Å². The van der Waals surface area contributed by atoms with Crippen molar-refractivity contribution in [2.75, 3.05) is 0 Å². The van der Waals surface area contributed by atoms with E-state index in [1.165, 1.54) is 50.1 Å². The first-order valence-corrected chi connectivity index (χ1v) is 10.4. The Labute approximate surface area is 174 Å². The quantitative estimate of drug-likeness (QED) is 0.335. The van der Waals surface area contributed by atoms with Gasteiger partial charge in [0.1, 0.15) is 0 Å². The molecule has 4 rings (SSSR count). The molecule has 0 radical (unpaired) electrons. The van der Waals surface area contributed by atoms with E-state index in [0.717, 1.165) is 0 Å². The monoisotopic (exact) mass is 376 g/mol. The van der Waals surface area contributed by atoms with E-state index in [9.17, 15) is 0 Å². The second-order valence-corrected chi connectivity index (χ2v) is 8.25. The van der Waals surface area contributed by atoms with E-state index in [4.69, 9.17) is 0 Å². The smallest absolute Gasteiger partial charge is 0.0154 e. The molecule has 0 bridgehead atoms. The van der Waals surface area contributed by atoms with E-state index in [2.05, 4.69) is 119 Å². The van der Waals surface area contributed by atoms with Crippen molar-refractivity contribution in [1.82, 2.24) is 0 Å². The van der Waals surface area contributed by atoms with Gasteiger partial charge in [0.05, 0.1) is 0 Å². The van der Waals surface area contributed by atoms with Crippen LogP contribution in [0.4, 0.5) is 0 Å². The van der Waals surface area contributed by atoms with Crippen LogP contribution in [0.2, 0.25) is 0 Å². The van der Waals surface area contributed by atoms with E-state index < -0.39 is 0 Å². The van der Waals surface area contributed by atoms with Gasteiger partial charge in [-0.1, -0.05) is 110 Å². The van der Waals surface area contributed by atoms with Gasteiger partial charge in [-0.05, 0) is 64.3 Å². The first kappa shape index (κ1) is 19.2. The zero-order valence-corrected chi connectivity index (χ0v) is 17.7. The molecule has 0 aliphatic heterocycles. The third-order valence-corrected chi connectivity index (χ3v) is 5.72. The summed E-state index contributed by atoms with van der Waals surface area (Å²) in [5.41, 5.74) is 11.6.